The van der Waals surface area contributed by atoms with Crippen molar-refractivity contribution in [3.8, 4) is 11.5 Å². The molecule has 0 bridgehead atoms. The smallest absolute Gasteiger partial charge is 0.339 e. The molecule has 1 aromatic carbocycles. The Hall–Kier alpha value is -2.96. The normalized spacial score (nSPS) is 16.2. The molecule has 1 aromatic heterocycles. The molecule has 7 nitrogen and oxygen atoms in total. The van der Waals surface area contributed by atoms with Crippen molar-refractivity contribution in [3.63, 3.8) is 0 Å². The molecule has 2 heterocycles. The Balaban J connectivity index is 1.98. The topological polar surface area (TPSA) is 80.9 Å². The standard InChI is InChI=1S/C21H26N2O5/c1-12-18(21(25)28-5)13(2)22-19(12)20(24)23-10-6-7-16(23)15-11-14(26-3)8-9-17(15)27-4/h8-9,11,16,22H,6-7,10H2,1-5H3. The third-order valence-electron chi connectivity index (χ3n) is 5.35. The van der Waals surface area contributed by atoms with Crippen LogP contribution < -0.4 is 9.47 Å². The molecule has 1 aliphatic rings. The lowest BCUT2D eigenvalue weighted by Gasteiger charge is -2.26. The van der Waals surface area contributed by atoms with Crippen molar-refractivity contribution in [3.05, 3.63) is 46.3 Å². The molecule has 1 fully saturated rings. The van der Waals surface area contributed by atoms with Crippen molar-refractivity contribution in [2.45, 2.75) is 32.7 Å². The number of nitrogens with zero attached hydrogens (tertiary/aromatic N) is 1. The number of aromatic nitrogens is 1. The maximum absolute atomic E-state index is 13.4. The Kier molecular flexibility index (Phi) is 5.63. The highest BCUT2D eigenvalue weighted by Gasteiger charge is 2.35. The SMILES string of the molecule is COC(=O)c1c(C)[nH]c(C(=O)N2CCCC2c2cc(OC)ccc2OC)c1C. The van der Waals surface area contributed by atoms with Crippen LogP contribution >= 0.6 is 0 Å². The first-order valence-corrected chi connectivity index (χ1v) is 9.23. The minimum absolute atomic E-state index is 0.123. The van der Waals surface area contributed by atoms with E-state index in [0.29, 0.717) is 29.1 Å². The lowest BCUT2D eigenvalue weighted by Crippen LogP contribution is -2.31. The zero-order valence-corrected chi connectivity index (χ0v) is 16.9. The third-order valence-corrected chi connectivity index (χ3v) is 5.35. The molecular formula is C21H26N2O5. The Bertz CT molecular complexity index is 902. The molecule has 1 N–H and O–H groups in total. The van der Waals surface area contributed by atoms with Crippen molar-refractivity contribution in [1.29, 1.82) is 0 Å². The first-order chi connectivity index (χ1) is 13.4. The van der Waals surface area contributed by atoms with Gasteiger partial charge in [0.05, 0.1) is 32.9 Å². The zero-order chi connectivity index (χ0) is 20.4. The van der Waals surface area contributed by atoms with E-state index in [1.807, 2.05) is 23.1 Å². The van der Waals surface area contributed by atoms with Crippen LogP contribution in [0.2, 0.25) is 0 Å². The molecule has 0 aliphatic carbocycles. The number of aromatic amines is 1. The van der Waals surface area contributed by atoms with E-state index in [-0.39, 0.29) is 11.9 Å². The summed E-state index contributed by atoms with van der Waals surface area (Å²) in [4.78, 5) is 30.3. The van der Waals surface area contributed by atoms with E-state index in [9.17, 15) is 9.59 Å². The van der Waals surface area contributed by atoms with Crippen molar-refractivity contribution in [2.24, 2.45) is 0 Å². The first kappa shape index (κ1) is 19.8. The Morgan fingerprint density at radius 1 is 1.14 bits per heavy atom. The molecule has 1 amide bonds. The number of methoxy groups -OCH3 is 3. The number of nitrogens with one attached hydrogen (secondary N) is 1. The molecule has 1 atom stereocenters. The molecule has 1 aliphatic heterocycles. The number of benzene rings is 1. The Labute approximate surface area is 164 Å². The van der Waals surface area contributed by atoms with Gasteiger partial charge in [0.1, 0.15) is 17.2 Å². The molecule has 1 unspecified atom stereocenters. The van der Waals surface area contributed by atoms with E-state index in [1.165, 1.54) is 7.11 Å². The molecule has 1 saturated heterocycles. The number of ether oxygens (including phenoxy) is 3. The summed E-state index contributed by atoms with van der Waals surface area (Å²) in [5, 5.41) is 0. The maximum Gasteiger partial charge on any atom is 0.339 e. The van der Waals surface area contributed by atoms with Gasteiger partial charge in [0.15, 0.2) is 0 Å². The Morgan fingerprint density at radius 2 is 1.89 bits per heavy atom. The van der Waals surface area contributed by atoms with Gasteiger partial charge >= 0.3 is 5.97 Å². The van der Waals surface area contributed by atoms with Crippen LogP contribution in [0.3, 0.4) is 0 Å². The van der Waals surface area contributed by atoms with Crippen LogP contribution in [0.25, 0.3) is 0 Å². The number of carbonyl (C=O) groups excluding carboxylic acids is 2. The van der Waals surface area contributed by atoms with Gasteiger partial charge in [-0.05, 0) is 50.5 Å². The molecule has 0 saturated carbocycles. The number of likely N-dealkylation sites (tertiary alicyclic amines) is 1. The fraction of sp³-hybridized carbons (Fsp3) is 0.429. The molecule has 0 spiro atoms. The van der Waals surface area contributed by atoms with Crippen molar-refractivity contribution in [1.82, 2.24) is 9.88 Å². The average Bonchev–Trinajstić information content (AvgIpc) is 3.31. The van der Waals surface area contributed by atoms with E-state index >= 15 is 0 Å². The monoisotopic (exact) mass is 386 g/mol. The Morgan fingerprint density at radius 3 is 2.54 bits per heavy atom. The van der Waals surface area contributed by atoms with Crippen molar-refractivity contribution >= 4 is 11.9 Å². The van der Waals surface area contributed by atoms with Gasteiger partial charge in [0.2, 0.25) is 0 Å². The number of esters is 1. The van der Waals surface area contributed by atoms with E-state index in [0.717, 1.165) is 29.9 Å². The lowest BCUT2D eigenvalue weighted by atomic mass is 10.0. The summed E-state index contributed by atoms with van der Waals surface area (Å²) >= 11 is 0. The predicted molar refractivity (Wildman–Crippen MR) is 104 cm³/mol. The van der Waals surface area contributed by atoms with Gasteiger partial charge < -0.3 is 24.1 Å². The van der Waals surface area contributed by atoms with E-state index in [2.05, 4.69) is 4.98 Å². The maximum atomic E-state index is 13.4. The predicted octanol–water partition coefficient (Wildman–Crippen LogP) is 3.41. The largest absolute Gasteiger partial charge is 0.497 e. The van der Waals surface area contributed by atoms with Crippen LogP contribution in [0.4, 0.5) is 0 Å². The lowest BCUT2D eigenvalue weighted by molar-refractivity contribution is 0.0599. The van der Waals surface area contributed by atoms with Gasteiger partial charge in [-0.15, -0.1) is 0 Å². The third kappa shape index (κ3) is 3.32. The van der Waals surface area contributed by atoms with Gasteiger partial charge in [-0.2, -0.15) is 0 Å². The number of aryl methyl sites for hydroxylation is 1. The fourth-order valence-electron chi connectivity index (χ4n) is 3.95. The molecule has 2 aromatic rings. The summed E-state index contributed by atoms with van der Waals surface area (Å²) in [5.74, 6) is 0.857. The average molecular weight is 386 g/mol. The number of hydrogen-bond donors (Lipinski definition) is 1. The first-order valence-electron chi connectivity index (χ1n) is 9.23. The zero-order valence-electron chi connectivity index (χ0n) is 16.9. The second-order valence-corrected chi connectivity index (χ2v) is 6.88. The van der Waals surface area contributed by atoms with Gasteiger partial charge in [-0.25, -0.2) is 4.79 Å². The summed E-state index contributed by atoms with van der Waals surface area (Å²) in [5.41, 5.74) is 2.99. The highest BCUT2D eigenvalue weighted by atomic mass is 16.5. The van der Waals surface area contributed by atoms with Gasteiger partial charge in [0, 0.05) is 17.8 Å². The summed E-state index contributed by atoms with van der Waals surface area (Å²) < 4.78 is 15.7. The van der Waals surface area contributed by atoms with Gasteiger partial charge in [-0.3, -0.25) is 4.79 Å². The minimum atomic E-state index is -0.447. The van der Waals surface area contributed by atoms with Gasteiger partial charge in [-0.1, -0.05) is 0 Å². The molecule has 7 heteroatoms. The van der Waals surface area contributed by atoms with Crippen LogP contribution in [0, 0.1) is 13.8 Å². The number of amides is 1. The second kappa shape index (κ2) is 7.96. The summed E-state index contributed by atoms with van der Waals surface area (Å²) in [6, 6.07) is 5.49. The van der Waals surface area contributed by atoms with E-state index in [4.69, 9.17) is 14.2 Å². The van der Waals surface area contributed by atoms with E-state index in [1.54, 1.807) is 28.1 Å². The minimum Gasteiger partial charge on any atom is -0.497 e. The van der Waals surface area contributed by atoms with Crippen LogP contribution in [0.5, 0.6) is 11.5 Å². The van der Waals surface area contributed by atoms with Crippen molar-refractivity contribution in [2.75, 3.05) is 27.9 Å². The summed E-state index contributed by atoms with van der Waals surface area (Å²) in [6.07, 6.45) is 1.72. The summed E-state index contributed by atoms with van der Waals surface area (Å²) in [6.45, 7) is 4.16. The number of hydrogen-bond acceptors (Lipinski definition) is 5. The highest BCUT2D eigenvalue weighted by molar-refractivity contribution is 6.00. The number of H-pyrrole nitrogens is 1. The molecule has 28 heavy (non-hydrogen) atoms. The van der Waals surface area contributed by atoms with E-state index < -0.39 is 5.97 Å². The molecule has 150 valence electrons. The van der Waals surface area contributed by atoms with Crippen LogP contribution in [0.15, 0.2) is 18.2 Å². The molecular weight excluding hydrogens is 360 g/mol. The highest BCUT2D eigenvalue weighted by Crippen LogP contribution is 2.40. The fourth-order valence-corrected chi connectivity index (χ4v) is 3.95. The summed E-state index contributed by atoms with van der Waals surface area (Å²) in [7, 11) is 4.57. The van der Waals surface area contributed by atoms with Crippen LogP contribution in [-0.4, -0.2) is 49.6 Å². The van der Waals surface area contributed by atoms with Crippen LogP contribution in [-0.2, 0) is 4.74 Å². The second-order valence-electron chi connectivity index (χ2n) is 6.88. The molecule has 0 radical (unpaired) electrons. The van der Waals surface area contributed by atoms with Gasteiger partial charge in [0.25, 0.3) is 5.91 Å². The quantitative estimate of drug-likeness (QED) is 0.797. The number of carbonyl (C=O) groups is 2. The van der Waals surface area contributed by atoms with Crippen molar-refractivity contribution < 1.29 is 23.8 Å². The molecule has 3 rings (SSSR count). The number of rotatable bonds is 5. The van der Waals surface area contributed by atoms with Crippen LogP contribution in [0.1, 0.15) is 56.6 Å².